The predicted octanol–water partition coefficient (Wildman–Crippen LogP) is 6.46. The lowest BCUT2D eigenvalue weighted by atomic mass is 10.1. The van der Waals surface area contributed by atoms with Crippen molar-refractivity contribution in [3.8, 4) is 11.5 Å². The maximum atomic E-state index is 12.9. The number of rotatable bonds is 4. The van der Waals surface area contributed by atoms with Crippen LogP contribution in [0.3, 0.4) is 0 Å². The van der Waals surface area contributed by atoms with Crippen LogP contribution in [-0.2, 0) is 0 Å². The number of hydrogen-bond donors (Lipinski definition) is 1. The molecule has 4 aromatic carbocycles. The number of carbonyl (C=O) groups is 1. The number of hydrogen-bond acceptors (Lipinski definition) is 5. The zero-order chi connectivity index (χ0) is 22.2. The highest BCUT2D eigenvalue weighted by atomic mass is 35.5. The van der Waals surface area contributed by atoms with Gasteiger partial charge in [-0.1, -0.05) is 54.1 Å². The number of fused-ring (bicyclic) bond motifs is 3. The molecular weight excluding hydrogens is 430 g/mol. The van der Waals surface area contributed by atoms with Gasteiger partial charge in [-0.05, 0) is 29.7 Å². The topological polar surface area (TPSA) is 98.3 Å². The fraction of sp³-hybridized carbons (Fsp3) is 0. The highest BCUT2D eigenvalue weighted by Crippen LogP contribution is 2.34. The Kier molecular flexibility index (Phi) is 4.80. The van der Waals surface area contributed by atoms with Crippen LogP contribution >= 0.6 is 11.6 Å². The molecule has 7 nitrogen and oxygen atoms in total. The standard InChI is InChI=1S/C24H14ClN3O4/c25-19-11-10-15(28(30)31)13-18(19)23(29)26-20-8-4-3-7-17(20)24-27-21-12-9-14-5-1-2-6-16(14)22(21)32-24/h1-13H,(H,26,29). The second kappa shape index (κ2) is 7.79. The van der Waals surface area contributed by atoms with E-state index in [-0.39, 0.29) is 16.3 Å². The molecule has 1 amide bonds. The molecule has 0 fully saturated rings. The molecular formula is C24H14ClN3O4. The molecule has 0 spiro atoms. The van der Waals surface area contributed by atoms with Gasteiger partial charge in [-0.2, -0.15) is 0 Å². The Labute approximate surface area is 186 Å². The number of benzene rings is 4. The Balaban J connectivity index is 1.55. The van der Waals surface area contributed by atoms with Crippen molar-refractivity contribution < 1.29 is 14.1 Å². The van der Waals surface area contributed by atoms with Gasteiger partial charge in [0.1, 0.15) is 5.52 Å². The van der Waals surface area contributed by atoms with Gasteiger partial charge >= 0.3 is 0 Å². The van der Waals surface area contributed by atoms with Crippen molar-refractivity contribution in [2.45, 2.75) is 0 Å². The summed E-state index contributed by atoms with van der Waals surface area (Å²) in [4.78, 5) is 28.0. The van der Waals surface area contributed by atoms with Gasteiger partial charge in [0.15, 0.2) is 5.58 Å². The molecule has 0 aliphatic heterocycles. The molecule has 5 aromatic rings. The van der Waals surface area contributed by atoms with Crippen LogP contribution in [0.2, 0.25) is 5.02 Å². The van der Waals surface area contributed by atoms with E-state index < -0.39 is 10.8 Å². The third-order valence-corrected chi connectivity index (χ3v) is 5.42. The molecule has 0 bridgehead atoms. The SMILES string of the molecule is O=C(Nc1ccccc1-c1nc2ccc3ccccc3c2o1)c1cc([N+](=O)[O-])ccc1Cl. The molecule has 0 saturated heterocycles. The number of non-ortho nitro benzene ring substituents is 1. The quantitative estimate of drug-likeness (QED) is 0.254. The largest absolute Gasteiger partial charge is 0.435 e. The highest BCUT2D eigenvalue weighted by Gasteiger charge is 2.19. The fourth-order valence-corrected chi connectivity index (χ4v) is 3.74. The average molecular weight is 444 g/mol. The van der Waals surface area contributed by atoms with Crippen LogP contribution in [0.4, 0.5) is 11.4 Å². The molecule has 0 aliphatic rings. The number of nitro benzene ring substituents is 1. The molecule has 156 valence electrons. The average Bonchev–Trinajstić information content (AvgIpc) is 3.24. The molecule has 0 radical (unpaired) electrons. The van der Waals surface area contributed by atoms with E-state index in [1.165, 1.54) is 12.1 Å². The summed E-state index contributed by atoms with van der Waals surface area (Å²) < 4.78 is 6.09. The van der Waals surface area contributed by atoms with Crippen LogP contribution in [0.1, 0.15) is 10.4 Å². The minimum atomic E-state index is -0.580. The summed E-state index contributed by atoms with van der Waals surface area (Å²) in [7, 11) is 0. The van der Waals surface area contributed by atoms with Crippen molar-refractivity contribution >= 4 is 50.8 Å². The molecule has 32 heavy (non-hydrogen) atoms. The predicted molar refractivity (Wildman–Crippen MR) is 123 cm³/mol. The Bertz CT molecular complexity index is 1530. The van der Waals surface area contributed by atoms with Crippen LogP contribution in [0.25, 0.3) is 33.3 Å². The van der Waals surface area contributed by atoms with Gasteiger partial charge in [0.2, 0.25) is 5.89 Å². The Hall–Kier alpha value is -4.23. The van der Waals surface area contributed by atoms with Gasteiger partial charge < -0.3 is 9.73 Å². The van der Waals surface area contributed by atoms with E-state index in [0.29, 0.717) is 28.2 Å². The maximum Gasteiger partial charge on any atom is 0.270 e. The lowest BCUT2D eigenvalue weighted by Crippen LogP contribution is -2.13. The molecule has 0 unspecified atom stereocenters. The number of halogens is 1. The molecule has 1 heterocycles. The summed E-state index contributed by atoms with van der Waals surface area (Å²) in [5, 5.41) is 15.9. The smallest absolute Gasteiger partial charge is 0.270 e. The van der Waals surface area contributed by atoms with Gasteiger partial charge in [0.25, 0.3) is 11.6 Å². The van der Waals surface area contributed by atoms with E-state index in [9.17, 15) is 14.9 Å². The number of carbonyl (C=O) groups excluding carboxylic acids is 1. The third kappa shape index (κ3) is 3.44. The van der Waals surface area contributed by atoms with Crippen molar-refractivity contribution in [2.24, 2.45) is 0 Å². The van der Waals surface area contributed by atoms with Gasteiger partial charge in [-0.3, -0.25) is 14.9 Å². The summed E-state index contributed by atoms with van der Waals surface area (Å²) in [6.07, 6.45) is 0. The van der Waals surface area contributed by atoms with E-state index in [4.69, 9.17) is 16.0 Å². The fourth-order valence-electron chi connectivity index (χ4n) is 3.54. The number of nitrogens with one attached hydrogen (secondary N) is 1. The first-order chi connectivity index (χ1) is 15.5. The number of nitrogens with zero attached hydrogens (tertiary/aromatic N) is 2. The lowest BCUT2D eigenvalue weighted by Gasteiger charge is -2.10. The van der Waals surface area contributed by atoms with E-state index in [1.54, 1.807) is 24.3 Å². The molecule has 8 heteroatoms. The summed E-state index contributed by atoms with van der Waals surface area (Å²) in [6.45, 7) is 0. The van der Waals surface area contributed by atoms with Gasteiger partial charge in [-0.25, -0.2) is 4.98 Å². The third-order valence-electron chi connectivity index (χ3n) is 5.09. The second-order valence-corrected chi connectivity index (χ2v) is 7.48. The molecule has 0 atom stereocenters. The van der Waals surface area contributed by atoms with Crippen LogP contribution in [0.15, 0.2) is 83.3 Å². The van der Waals surface area contributed by atoms with E-state index in [2.05, 4.69) is 10.3 Å². The Morgan fingerprint density at radius 2 is 1.78 bits per heavy atom. The summed E-state index contributed by atoms with van der Waals surface area (Å²) in [6, 6.07) is 22.5. The number of nitro groups is 1. The van der Waals surface area contributed by atoms with Crippen LogP contribution in [0, 0.1) is 10.1 Å². The summed E-state index contributed by atoms with van der Waals surface area (Å²) >= 11 is 6.11. The Morgan fingerprint density at radius 1 is 1.00 bits per heavy atom. The van der Waals surface area contributed by atoms with E-state index >= 15 is 0 Å². The van der Waals surface area contributed by atoms with Crippen molar-refractivity contribution in [3.05, 3.63) is 99.6 Å². The summed E-state index contributed by atoms with van der Waals surface area (Å²) in [5.74, 6) is -0.231. The second-order valence-electron chi connectivity index (χ2n) is 7.07. The van der Waals surface area contributed by atoms with Crippen molar-refractivity contribution in [1.82, 2.24) is 4.98 Å². The minimum Gasteiger partial charge on any atom is -0.435 e. The van der Waals surface area contributed by atoms with Crippen molar-refractivity contribution in [3.63, 3.8) is 0 Å². The first kappa shape index (κ1) is 19.7. The van der Waals surface area contributed by atoms with Crippen molar-refractivity contribution in [1.29, 1.82) is 0 Å². The Morgan fingerprint density at radius 3 is 2.62 bits per heavy atom. The van der Waals surface area contributed by atoms with Gasteiger partial charge in [0.05, 0.1) is 26.8 Å². The monoisotopic (exact) mass is 443 g/mol. The van der Waals surface area contributed by atoms with E-state index in [0.717, 1.165) is 16.8 Å². The number of aromatic nitrogens is 1. The highest BCUT2D eigenvalue weighted by molar-refractivity contribution is 6.34. The van der Waals surface area contributed by atoms with Gasteiger partial charge in [-0.15, -0.1) is 0 Å². The molecule has 1 aromatic heterocycles. The van der Waals surface area contributed by atoms with Crippen LogP contribution in [0.5, 0.6) is 0 Å². The first-order valence-corrected chi connectivity index (χ1v) is 10.0. The minimum absolute atomic E-state index is 0.000714. The number of para-hydroxylation sites is 1. The molecule has 0 aliphatic carbocycles. The van der Waals surface area contributed by atoms with Crippen LogP contribution in [-0.4, -0.2) is 15.8 Å². The van der Waals surface area contributed by atoms with E-state index in [1.807, 2.05) is 36.4 Å². The van der Waals surface area contributed by atoms with Gasteiger partial charge in [0, 0.05) is 17.5 Å². The van der Waals surface area contributed by atoms with Crippen molar-refractivity contribution in [2.75, 3.05) is 5.32 Å². The summed E-state index contributed by atoms with van der Waals surface area (Å²) in [5.41, 5.74) is 2.14. The zero-order valence-corrected chi connectivity index (χ0v) is 17.2. The molecule has 0 saturated carbocycles. The zero-order valence-electron chi connectivity index (χ0n) is 16.4. The molecule has 5 rings (SSSR count). The number of oxazole rings is 1. The lowest BCUT2D eigenvalue weighted by molar-refractivity contribution is -0.384. The molecule has 1 N–H and O–H groups in total. The maximum absolute atomic E-state index is 12.9. The van der Waals surface area contributed by atoms with Crippen LogP contribution < -0.4 is 5.32 Å². The number of amides is 1. The normalized spacial score (nSPS) is 11.0. The first-order valence-electron chi connectivity index (χ1n) is 9.64. The number of anilines is 1.